The normalized spacial score (nSPS) is 11.6. The van der Waals surface area contributed by atoms with E-state index in [0.29, 0.717) is 5.69 Å². The molecule has 0 aliphatic carbocycles. The summed E-state index contributed by atoms with van der Waals surface area (Å²) in [5.41, 5.74) is 0.689. The van der Waals surface area contributed by atoms with E-state index in [0.717, 1.165) is 10.8 Å². The van der Waals surface area contributed by atoms with Crippen LogP contribution in [-0.2, 0) is 9.53 Å². The molecule has 0 saturated carbocycles. The Morgan fingerprint density at radius 3 is 2.55 bits per heavy atom. The van der Waals surface area contributed by atoms with E-state index >= 15 is 0 Å². The second-order valence-corrected chi connectivity index (χ2v) is 6.98. The molecule has 0 aliphatic rings. The average molecular weight is 413 g/mol. The standard InChI is InChI=1S/C24H19N3O4/c1-15-21(19(14-25)23(30-15)27-12-5-6-13-27)24(29)31-16(2)22(28)26-20-11-7-9-17-8-3-4-10-18(17)20/h3-13,16H,1-2H3,(H,26,28)/t16-/m0/s1. The third kappa shape index (κ3) is 3.79. The zero-order valence-electron chi connectivity index (χ0n) is 17.0. The third-order valence-corrected chi connectivity index (χ3v) is 4.92. The summed E-state index contributed by atoms with van der Waals surface area (Å²) in [6, 6.07) is 18.8. The summed E-state index contributed by atoms with van der Waals surface area (Å²) in [5, 5.41) is 14.3. The van der Waals surface area contributed by atoms with E-state index in [2.05, 4.69) is 5.32 Å². The van der Waals surface area contributed by atoms with Gasteiger partial charge in [-0.15, -0.1) is 0 Å². The predicted octanol–water partition coefficient (Wildman–Crippen LogP) is 4.59. The Hall–Kier alpha value is -4.31. The number of hydrogen-bond acceptors (Lipinski definition) is 5. The van der Waals surface area contributed by atoms with Crippen LogP contribution in [0.4, 0.5) is 5.69 Å². The molecule has 2 aromatic carbocycles. The van der Waals surface area contributed by atoms with E-state index < -0.39 is 18.0 Å². The fraction of sp³-hybridized carbons (Fsp3) is 0.125. The minimum Gasteiger partial charge on any atom is -0.449 e. The number of furan rings is 1. The van der Waals surface area contributed by atoms with Crippen molar-refractivity contribution in [3.8, 4) is 12.0 Å². The van der Waals surface area contributed by atoms with Gasteiger partial charge in [0.05, 0.1) is 0 Å². The molecular weight excluding hydrogens is 394 g/mol. The lowest BCUT2D eigenvalue weighted by Crippen LogP contribution is -2.30. The molecule has 4 aromatic rings. The van der Waals surface area contributed by atoms with Crippen molar-refractivity contribution in [2.75, 3.05) is 5.32 Å². The molecule has 7 heteroatoms. The first kappa shape index (κ1) is 20.0. The smallest absolute Gasteiger partial charge is 0.343 e. The first-order valence-electron chi connectivity index (χ1n) is 9.66. The molecule has 4 rings (SSSR count). The number of rotatable bonds is 5. The van der Waals surface area contributed by atoms with Gasteiger partial charge in [0.2, 0.25) is 5.88 Å². The summed E-state index contributed by atoms with van der Waals surface area (Å²) in [6.07, 6.45) is 2.32. The summed E-state index contributed by atoms with van der Waals surface area (Å²) >= 11 is 0. The number of fused-ring (bicyclic) bond motifs is 1. The van der Waals surface area contributed by atoms with Crippen LogP contribution in [0.2, 0.25) is 0 Å². The number of aromatic nitrogens is 1. The highest BCUT2D eigenvalue weighted by Crippen LogP contribution is 2.27. The third-order valence-electron chi connectivity index (χ3n) is 4.92. The Kier molecular flexibility index (Phi) is 5.29. The number of benzene rings is 2. The lowest BCUT2D eigenvalue weighted by atomic mass is 10.1. The van der Waals surface area contributed by atoms with Gasteiger partial charge in [0.1, 0.15) is 23.0 Å². The van der Waals surface area contributed by atoms with Crippen molar-refractivity contribution < 1.29 is 18.7 Å². The van der Waals surface area contributed by atoms with Gasteiger partial charge in [-0.1, -0.05) is 36.4 Å². The fourth-order valence-electron chi connectivity index (χ4n) is 3.37. The number of ether oxygens (including phenoxy) is 1. The molecule has 2 aromatic heterocycles. The number of nitrogens with one attached hydrogen (secondary N) is 1. The Labute approximate surface area is 178 Å². The molecule has 0 bridgehead atoms. The Bertz CT molecular complexity index is 1310. The topological polar surface area (TPSA) is 97.3 Å². The maximum Gasteiger partial charge on any atom is 0.343 e. The molecule has 0 saturated heterocycles. The summed E-state index contributed by atoms with van der Waals surface area (Å²) < 4.78 is 12.6. The lowest BCUT2D eigenvalue weighted by molar-refractivity contribution is -0.123. The summed E-state index contributed by atoms with van der Waals surface area (Å²) in [5.74, 6) is -0.802. The van der Waals surface area contributed by atoms with Crippen LogP contribution in [0.3, 0.4) is 0 Å². The number of anilines is 1. The van der Waals surface area contributed by atoms with Crippen molar-refractivity contribution in [3.05, 3.63) is 83.9 Å². The molecular formula is C24H19N3O4. The van der Waals surface area contributed by atoms with Gasteiger partial charge in [0.25, 0.3) is 5.91 Å². The van der Waals surface area contributed by atoms with Crippen molar-refractivity contribution in [1.29, 1.82) is 5.26 Å². The molecule has 2 heterocycles. The van der Waals surface area contributed by atoms with Crippen LogP contribution >= 0.6 is 0 Å². The number of nitriles is 1. The minimum absolute atomic E-state index is 0.0102. The SMILES string of the molecule is Cc1oc(-n2cccc2)c(C#N)c1C(=O)O[C@@H](C)C(=O)Nc1cccc2ccccc12. The average Bonchev–Trinajstić information content (AvgIpc) is 3.41. The van der Waals surface area contributed by atoms with Gasteiger partial charge in [-0.3, -0.25) is 9.36 Å². The van der Waals surface area contributed by atoms with Gasteiger partial charge < -0.3 is 14.5 Å². The highest BCUT2D eigenvalue weighted by Gasteiger charge is 2.28. The van der Waals surface area contributed by atoms with Gasteiger partial charge in [-0.05, 0) is 37.4 Å². The van der Waals surface area contributed by atoms with Crippen molar-refractivity contribution in [3.63, 3.8) is 0 Å². The highest BCUT2D eigenvalue weighted by atomic mass is 16.5. The number of carbonyl (C=O) groups is 2. The molecule has 0 unspecified atom stereocenters. The van der Waals surface area contributed by atoms with Crippen LogP contribution in [0.15, 0.2) is 71.4 Å². The van der Waals surface area contributed by atoms with Gasteiger partial charge in [0.15, 0.2) is 6.10 Å². The molecule has 0 aliphatic heterocycles. The summed E-state index contributed by atoms with van der Waals surface area (Å²) in [7, 11) is 0. The van der Waals surface area contributed by atoms with E-state index in [9.17, 15) is 14.9 Å². The monoisotopic (exact) mass is 413 g/mol. The first-order chi connectivity index (χ1) is 15.0. The number of nitrogens with zero attached hydrogens (tertiary/aromatic N) is 2. The molecule has 0 radical (unpaired) electrons. The van der Waals surface area contributed by atoms with Crippen LogP contribution in [0.25, 0.3) is 16.7 Å². The lowest BCUT2D eigenvalue weighted by Gasteiger charge is -2.14. The van der Waals surface area contributed by atoms with Crippen LogP contribution in [0.1, 0.15) is 28.6 Å². The molecule has 0 spiro atoms. The Balaban J connectivity index is 1.54. The number of carbonyl (C=O) groups excluding carboxylic acids is 2. The van der Waals surface area contributed by atoms with Crippen LogP contribution in [0.5, 0.6) is 0 Å². The van der Waals surface area contributed by atoms with Gasteiger partial charge >= 0.3 is 5.97 Å². The summed E-state index contributed by atoms with van der Waals surface area (Å²) in [4.78, 5) is 25.5. The van der Waals surface area contributed by atoms with Crippen molar-refractivity contribution in [2.45, 2.75) is 20.0 Å². The number of esters is 1. The van der Waals surface area contributed by atoms with Gasteiger partial charge in [-0.2, -0.15) is 5.26 Å². The Morgan fingerprint density at radius 2 is 1.81 bits per heavy atom. The van der Waals surface area contributed by atoms with E-state index in [1.165, 1.54) is 6.92 Å². The molecule has 154 valence electrons. The van der Waals surface area contributed by atoms with Gasteiger partial charge in [-0.25, -0.2) is 4.79 Å². The van der Waals surface area contributed by atoms with E-state index in [-0.39, 0.29) is 22.8 Å². The molecule has 0 fully saturated rings. The maximum atomic E-state index is 12.8. The highest BCUT2D eigenvalue weighted by molar-refractivity contribution is 6.04. The van der Waals surface area contributed by atoms with Crippen molar-refractivity contribution in [2.24, 2.45) is 0 Å². The van der Waals surface area contributed by atoms with E-state index in [4.69, 9.17) is 9.15 Å². The number of hydrogen-bond donors (Lipinski definition) is 1. The zero-order chi connectivity index (χ0) is 22.0. The van der Waals surface area contributed by atoms with Crippen molar-refractivity contribution >= 4 is 28.3 Å². The quantitative estimate of drug-likeness (QED) is 0.483. The molecule has 7 nitrogen and oxygen atoms in total. The Morgan fingerprint density at radius 1 is 1.10 bits per heavy atom. The minimum atomic E-state index is -1.08. The largest absolute Gasteiger partial charge is 0.449 e. The predicted molar refractivity (Wildman–Crippen MR) is 115 cm³/mol. The number of aryl methyl sites for hydroxylation is 1. The van der Waals surface area contributed by atoms with E-state index in [1.807, 2.05) is 42.5 Å². The summed E-state index contributed by atoms with van der Waals surface area (Å²) in [6.45, 7) is 3.05. The second-order valence-electron chi connectivity index (χ2n) is 6.98. The van der Waals surface area contributed by atoms with E-state index in [1.54, 1.807) is 42.1 Å². The van der Waals surface area contributed by atoms with Crippen molar-refractivity contribution in [1.82, 2.24) is 4.57 Å². The fourth-order valence-corrected chi connectivity index (χ4v) is 3.37. The number of amides is 1. The molecule has 1 amide bonds. The van der Waals surface area contributed by atoms with Crippen LogP contribution in [0, 0.1) is 18.3 Å². The zero-order valence-corrected chi connectivity index (χ0v) is 17.0. The maximum absolute atomic E-state index is 12.8. The second kappa shape index (κ2) is 8.20. The van der Waals surface area contributed by atoms with Crippen LogP contribution in [-0.4, -0.2) is 22.5 Å². The molecule has 31 heavy (non-hydrogen) atoms. The van der Waals surface area contributed by atoms with Crippen LogP contribution < -0.4 is 5.32 Å². The molecule has 1 N–H and O–H groups in total. The molecule has 1 atom stereocenters. The van der Waals surface area contributed by atoms with Gasteiger partial charge in [0, 0.05) is 23.5 Å². The first-order valence-corrected chi connectivity index (χ1v) is 9.66.